The topological polar surface area (TPSA) is 96.3 Å². The largest absolute Gasteiger partial charge is 0.444 e. The number of hydrogen-bond acceptors (Lipinski definition) is 5. The van der Waals surface area contributed by atoms with Crippen LogP contribution < -0.4 is 16.2 Å². The van der Waals surface area contributed by atoms with Crippen molar-refractivity contribution in [2.24, 2.45) is 0 Å². The molecule has 3 N–H and O–H groups in total. The van der Waals surface area contributed by atoms with Gasteiger partial charge in [-0.05, 0) is 52.4 Å². The van der Waals surface area contributed by atoms with Crippen LogP contribution in [0.3, 0.4) is 0 Å². The minimum atomic E-state index is -0.531. The zero-order chi connectivity index (χ0) is 15.2. The maximum absolute atomic E-state index is 11.7. The smallest absolute Gasteiger partial charge is 0.293 e. The van der Waals surface area contributed by atoms with Crippen molar-refractivity contribution >= 4 is 45.1 Å². The molecule has 2 heterocycles. The van der Waals surface area contributed by atoms with E-state index >= 15 is 0 Å². The summed E-state index contributed by atoms with van der Waals surface area (Å²) in [6.07, 6.45) is 2.98. The Labute approximate surface area is 133 Å². The van der Waals surface area contributed by atoms with Crippen molar-refractivity contribution < 1.29 is 14.0 Å². The molecule has 2 aromatic rings. The fourth-order valence-corrected chi connectivity index (χ4v) is 1.77. The fourth-order valence-electron chi connectivity index (χ4n) is 1.32. The molecule has 21 heavy (non-hydrogen) atoms. The van der Waals surface area contributed by atoms with Gasteiger partial charge in [0.05, 0.1) is 0 Å². The van der Waals surface area contributed by atoms with Crippen molar-refractivity contribution in [1.82, 2.24) is 21.2 Å². The molecule has 2 amide bonds. The minimum absolute atomic E-state index is 0.0603. The summed E-state index contributed by atoms with van der Waals surface area (Å²) in [6.45, 7) is 0. The van der Waals surface area contributed by atoms with Crippen LogP contribution in [-0.4, -0.2) is 21.9 Å². The van der Waals surface area contributed by atoms with Gasteiger partial charge in [-0.15, -0.1) is 0 Å². The zero-order valence-electron chi connectivity index (χ0n) is 10.4. The van der Waals surface area contributed by atoms with E-state index in [1.54, 1.807) is 18.2 Å². The summed E-state index contributed by atoms with van der Waals surface area (Å²) >= 11 is 7.97. The van der Waals surface area contributed by atoms with E-state index in [4.69, 9.17) is 16.6 Å². The van der Waals surface area contributed by atoms with Gasteiger partial charge in [-0.3, -0.25) is 30.7 Å². The first-order valence-electron chi connectivity index (χ1n) is 5.63. The van der Waals surface area contributed by atoms with E-state index in [2.05, 4.69) is 37.1 Å². The van der Waals surface area contributed by atoms with Crippen LogP contribution in [0.15, 0.2) is 45.7 Å². The summed E-state index contributed by atoms with van der Waals surface area (Å²) in [7, 11) is 0. The van der Waals surface area contributed by atoms with Crippen molar-refractivity contribution in [2.45, 2.75) is 0 Å². The lowest BCUT2D eigenvalue weighted by Crippen LogP contribution is -2.48. The van der Waals surface area contributed by atoms with Crippen molar-refractivity contribution in [3.05, 3.63) is 52.7 Å². The van der Waals surface area contributed by atoms with Gasteiger partial charge in [-0.25, -0.2) is 0 Å². The number of pyridine rings is 1. The first-order valence-corrected chi connectivity index (χ1v) is 6.83. The number of carbonyl (C=O) groups is 2. The number of halogens is 1. The molecule has 7 nitrogen and oxygen atoms in total. The Kier molecular flexibility index (Phi) is 5.01. The van der Waals surface area contributed by atoms with Gasteiger partial charge in [0.25, 0.3) is 11.8 Å². The molecule has 0 radical (unpaired) electrons. The molecule has 0 unspecified atom stereocenters. The van der Waals surface area contributed by atoms with Gasteiger partial charge >= 0.3 is 0 Å². The number of hydrazine groups is 1. The van der Waals surface area contributed by atoms with Crippen LogP contribution in [0.4, 0.5) is 0 Å². The molecule has 0 saturated carbocycles. The van der Waals surface area contributed by atoms with E-state index in [1.807, 2.05) is 0 Å². The fraction of sp³-hybridized carbons (Fsp3) is 0. The Bertz CT molecular complexity index is 674. The van der Waals surface area contributed by atoms with E-state index in [1.165, 1.54) is 18.5 Å². The predicted molar refractivity (Wildman–Crippen MR) is 81.3 cm³/mol. The first-order chi connectivity index (χ1) is 10.1. The SMILES string of the molecule is O=C(NNC(=S)NC(=O)c1ccc(Br)o1)c1ccncc1. The number of aromatic nitrogens is 1. The molecule has 0 bridgehead atoms. The quantitative estimate of drug-likeness (QED) is 0.547. The van der Waals surface area contributed by atoms with Gasteiger partial charge in [-0.2, -0.15) is 0 Å². The molecular weight excluding hydrogens is 360 g/mol. The number of nitrogens with one attached hydrogen (secondary N) is 3. The third-order valence-corrected chi connectivity index (χ3v) is 2.89. The Balaban J connectivity index is 1.82. The van der Waals surface area contributed by atoms with E-state index in [0.717, 1.165) is 0 Å². The number of hydrogen-bond donors (Lipinski definition) is 3. The van der Waals surface area contributed by atoms with Gasteiger partial charge < -0.3 is 4.42 Å². The maximum atomic E-state index is 11.7. The Morgan fingerprint density at radius 3 is 2.43 bits per heavy atom. The number of rotatable bonds is 2. The summed E-state index contributed by atoms with van der Waals surface area (Å²) in [6, 6.07) is 6.15. The van der Waals surface area contributed by atoms with E-state index in [9.17, 15) is 9.59 Å². The summed E-state index contributed by atoms with van der Waals surface area (Å²) in [4.78, 5) is 27.2. The maximum Gasteiger partial charge on any atom is 0.293 e. The highest BCUT2D eigenvalue weighted by molar-refractivity contribution is 9.10. The molecular formula is C12H9BrN4O3S. The Hall–Kier alpha value is -2.26. The number of amides is 2. The molecule has 0 fully saturated rings. The average molecular weight is 369 g/mol. The predicted octanol–water partition coefficient (Wildman–Crippen LogP) is 1.39. The van der Waals surface area contributed by atoms with Crippen molar-refractivity contribution in [3.8, 4) is 0 Å². The van der Waals surface area contributed by atoms with Crippen LogP contribution in [0.2, 0.25) is 0 Å². The van der Waals surface area contributed by atoms with Gasteiger partial charge in [-0.1, -0.05) is 0 Å². The zero-order valence-corrected chi connectivity index (χ0v) is 12.8. The minimum Gasteiger partial charge on any atom is -0.444 e. The van der Waals surface area contributed by atoms with E-state index in [0.29, 0.717) is 10.2 Å². The summed E-state index contributed by atoms with van der Waals surface area (Å²) in [5.41, 5.74) is 5.17. The van der Waals surface area contributed by atoms with E-state index < -0.39 is 11.8 Å². The number of thiocarbonyl (C=S) groups is 1. The number of carbonyl (C=O) groups excluding carboxylic acids is 2. The molecule has 2 rings (SSSR count). The Morgan fingerprint density at radius 2 is 1.81 bits per heavy atom. The lowest BCUT2D eigenvalue weighted by molar-refractivity contribution is 0.0926. The van der Waals surface area contributed by atoms with Crippen LogP contribution in [0, 0.1) is 0 Å². The highest BCUT2D eigenvalue weighted by atomic mass is 79.9. The molecule has 9 heteroatoms. The van der Waals surface area contributed by atoms with E-state index in [-0.39, 0.29) is 10.9 Å². The van der Waals surface area contributed by atoms with Crippen molar-refractivity contribution in [3.63, 3.8) is 0 Å². The highest BCUT2D eigenvalue weighted by Crippen LogP contribution is 2.13. The second kappa shape index (κ2) is 6.95. The molecule has 0 aliphatic rings. The highest BCUT2D eigenvalue weighted by Gasteiger charge is 2.12. The molecule has 0 saturated heterocycles. The standard InChI is InChI=1S/C12H9BrN4O3S/c13-9-2-1-8(20-9)11(19)15-12(21)17-16-10(18)7-3-5-14-6-4-7/h1-6H,(H,16,18)(H2,15,17,19,21). The molecule has 108 valence electrons. The first kappa shape index (κ1) is 15.1. The van der Waals surface area contributed by atoms with Crippen LogP contribution in [-0.2, 0) is 0 Å². The molecule has 0 aliphatic heterocycles. The molecule has 2 aromatic heterocycles. The normalized spacial score (nSPS) is 9.76. The van der Waals surface area contributed by atoms with Gasteiger partial charge in [0.2, 0.25) is 0 Å². The third kappa shape index (κ3) is 4.36. The lowest BCUT2D eigenvalue weighted by Gasteiger charge is -2.09. The van der Waals surface area contributed by atoms with Gasteiger partial charge in [0.1, 0.15) is 0 Å². The van der Waals surface area contributed by atoms with Crippen LogP contribution in [0.1, 0.15) is 20.9 Å². The summed E-state index contributed by atoms with van der Waals surface area (Å²) in [5, 5.41) is 2.30. The van der Waals surface area contributed by atoms with Crippen LogP contribution >= 0.6 is 28.1 Å². The van der Waals surface area contributed by atoms with Crippen LogP contribution in [0.5, 0.6) is 0 Å². The number of furan rings is 1. The monoisotopic (exact) mass is 368 g/mol. The van der Waals surface area contributed by atoms with Gasteiger partial charge in [0, 0.05) is 18.0 Å². The molecule has 0 spiro atoms. The summed E-state index contributed by atoms with van der Waals surface area (Å²) in [5.74, 6) is -0.849. The van der Waals surface area contributed by atoms with Crippen molar-refractivity contribution in [2.75, 3.05) is 0 Å². The molecule has 0 aliphatic carbocycles. The van der Waals surface area contributed by atoms with Crippen LogP contribution in [0.25, 0.3) is 0 Å². The van der Waals surface area contributed by atoms with Gasteiger partial charge in [0.15, 0.2) is 15.5 Å². The van der Waals surface area contributed by atoms with Crippen molar-refractivity contribution in [1.29, 1.82) is 0 Å². The number of nitrogens with zero attached hydrogens (tertiary/aromatic N) is 1. The summed E-state index contributed by atoms with van der Waals surface area (Å²) < 4.78 is 5.49. The lowest BCUT2D eigenvalue weighted by atomic mass is 10.3. The Morgan fingerprint density at radius 1 is 1.10 bits per heavy atom. The second-order valence-electron chi connectivity index (χ2n) is 3.70. The second-order valence-corrected chi connectivity index (χ2v) is 4.89. The third-order valence-electron chi connectivity index (χ3n) is 2.26. The molecule has 0 atom stereocenters. The molecule has 0 aromatic carbocycles. The average Bonchev–Trinajstić information content (AvgIpc) is 2.92.